The maximum atomic E-state index is 12.8. The van der Waals surface area contributed by atoms with E-state index in [1.54, 1.807) is 35.2 Å². The minimum Gasteiger partial charge on any atom is -0.459 e. The Morgan fingerprint density at radius 3 is 2.60 bits per heavy atom. The summed E-state index contributed by atoms with van der Waals surface area (Å²) < 4.78 is 33.3. The third kappa shape index (κ3) is 3.99. The molecule has 0 saturated carbocycles. The van der Waals surface area contributed by atoms with Crippen LogP contribution in [-0.4, -0.2) is 31.6 Å². The van der Waals surface area contributed by atoms with E-state index < -0.39 is 10.0 Å². The molecule has 0 unspecified atom stereocenters. The highest BCUT2D eigenvalue weighted by atomic mass is 32.2. The molecule has 1 aromatic heterocycles. The number of rotatable bonds is 5. The number of carbonyl (C=O) groups is 2. The van der Waals surface area contributed by atoms with Crippen molar-refractivity contribution in [3.63, 3.8) is 0 Å². The Kier molecular flexibility index (Phi) is 5.17. The monoisotopic (exact) mass is 424 g/mol. The van der Waals surface area contributed by atoms with Crippen LogP contribution in [0.2, 0.25) is 0 Å². The van der Waals surface area contributed by atoms with E-state index in [4.69, 9.17) is 4.42 Å². The molecule has 0 saturated heterocycles. The van der Waals surface area contributed by atoms with Crippen LogP contribution in [0.4, 0.5) is 5.69 Å². The molecule has 3 aromatic rings. The van der Waals surface area contributed by atoms with Crippen molar-refractivity contribution >= 4 is 27.4 Å². The van der Waals surface area contributed by atoms with Gasteiger partial charge in [0, 0.05) is 24.3 Å². The maximum Gasteiger partial charge on any atom is 0.289 e. The number of fused-ring (bicyclic) bond motifs is 1. The quantitative estimate of drug-likeness (QED) is 0.633. The third-order valence-corrected chi connectivity index (χ3v) is 6.42. The third-order valence-electron chi connectivity index (χ3n) is 5.04. The molecular weight excluding hydrogens is 404 g/mol. The first-order valence-electron chi connectivity index (χ1n) is 9.42. The molecule has 30 heavy (non-hydrogen) atoms. The summed E-state index contributed by atoms with van der Waals surface area (Å²) in [4.78, 5) is 25.8. The van der Waals surface area contributed by atoms with Crippen molar-refractivity contribution in [2.45, 2.75) is 24.8 Å². The summed E-state index contributed by atoms with van der Waals surface area (Å²) in [7, 11) is -3.86. The maximum absolute atomic E-state index is 12.8. The lowest BCUT2D eigenvalue weighted by atomic mass is 9.99. The smallest absolute Gasteiger partial charge is 0.289 e. The summed E-state index contributed by atoms with van der Waals surface area (Å²) in [6.45, 7) is 2.32. The Morgan fingerprint density at radius 2 is 1.87 bits per heavy atom. The van der Waals surface area contributed by atoms with E-state index >= 15 is 0 Å². The number of sulfonamides is 1. The van der Waals surface area contributed by atoms with E-state index in [-0.39, 0.29) is 22.3 Å². The molecule has 2 aromatic carbocycles. The van der Waals surface area contributed by atoms with Gasteiger partial charge in [-0.2, -0.15) is 0 Å². The van der Waals surface area contributed by atoms with Crippen LogP contribution >= 0.6 is 0 Å². The van der Waals surface area contributed by atoms with Crippen LogP contribution in [0.15, 0.2) is 70.2 Å². The number of hydrogen-bond donors (Lipinski definition) is 1. The molecule has 0 aliphatic carbocycles. The number of anilines is 1. The van der Waals surface area contributed by atoms with E-state index in [0.717, 1.165) is 11.1 Å². The van der Waals surface area contributed by atoms with Gasteiger partial charge in [0.15, 0.2) is 11.5 Å². The van der Waals surface area contributed by atoms with Crippen molar-refractivity contribution in [3.05, 3.63) is 83.3 Å². The molecule has 0 fully saturated rings. The molecule has 1 N–H and O–H groups in total. The number of amides is 1. The lowest BCUT2D eigenvalue weighted by Crippen LogP contribution is -2.35. The highest BCUT2D eigenvalue weighted by molar-refractivity contribution is 7.92. The highest BCUT2D eigenvalue weighted by Crippen LogP contribution is 2.25. The molecule has 0 spiro atoms. The SMILES string of the molecule is CC(=O)c1cccc(S(=O)(=O)Nc2ccc3c(c2)CN(C(=O)c2ccco2)CC3)c1. The Labute approximate surface area is 174 Å². The van der Waals surface area contributed by atoms with Gasteiger partial charge >= 0.3 is 0 Å². The van der Waals surface area contributed by atoms with Crippen LogP contribution in [-0.2, 0) is 23.0 Å². The van der Waals surface area contributed by atoms with Crippen LogP contribution in [0, 0.1) is 0 Å². The van der Waals surface area contributed by atoms with E-state index in [1.165, 1.54) is 31.4 Å². The largest absolute Gasteiger partial charge is 0.459 e. The normalized spacial score (nSPS) is 13.6. The summed E-state index contributed by atoms with van der Waals surface area (Å²) in [5.41, 5.74) is 2.67. The van der Waals surface area contributed by atoms with Gasteiger partial charge in [0.2, 0.25) is 0 Å². The number of hydrogen-bond acceptors (Lipinski definition) is 5. The molecule has 2 heterocycles. The van der Waals surface area contributed by atoms with Crippen LogP contribution < -0.4 is 4.72 Å². The van der Waals surface area contributed by atoms with Crippen molar-refractivity contribution in [1.82, 2.24) is 4.90 Å². The number of Topliss-reactive ketones (excluding diaryl/α,β-unsaturated/α-hetero) is 1. The van der Waals surface area contributed by atoms with Gasteiger partial charge in [0.1, 0.15) is 0 Å². The fraction of sp³-hybridized carbons (Fsp3) is 0.182. The number of carbonyl (C=O) groups excluding carboxylic acids is 2. The molecular formula is C22H20N2O5S. The predicted molar refractivity (Wildman–Crippen MR) is 111 cm³/mol. The summed E-state index contributed by atoms with van der Waals surface area (Å²) >= 11 is 0. The molecule has 0 radical (unpaired) electrons. The summed E-state index contributed by atoms with van der Waals surface area (Å²) in [6.07, 6.45) is 2.13. The number of furan rings is 1. The second kappa shape index (κ2) is 7.79. The molecule has 1 aliphatic rings. The van der Waals surface area contributed by atoms with Crippen molar-refractivity contribution in [2.24, 2.45) is 0 Å². The molecule has 7 nitrogen and oxygen atoms in total. The number of ketones is 1. The van der Waals surface area contributed by atoms with Gasteiger partial charge in [-0.25, -0.2) is 8.42 Å². The molecule has 4 rings (SSSR count). The number of nitrogens with one attached hydrogen (secondary N) is 1. The van der Waals surface area contributed by atoms with Crippen LogP contribution in [0.5, 0.6) is 0 Å². The first-order chi connectivity index (χ1) is 14.3. The average Bonchev–Trinajstić information content (AvgIpc) is 3.27. The Balaban J connectivity index is 1.56. The zero-order chi connectivity index (χ0) is 21.3. The fourth-order valence-electron chi connectivity index (χ4n) is 3.45. The highest BCUT2D eigenvalue weighted by Gasteiger charge is 2.24. The Morgan fingerprint density at radius 1 is 1.03 bits per heavy atom. The zero-order valence-electron chi connectivity index (χ0n) is 16.3. The zero-order valence-corrected chi connectivity index (χ0v) is 17.1. The summed E-state index contributed by atoms with van der Waals surface area (Å²) in [6, 6.07) is 14.5. The van der Waals surface area contributed by atoms with Gasteiger partial charge in [0.05, 0.1) is 11.2 Å². The van der Waals surface area contributed by atoms with Gasteiger partial charge < -0.3 is 9.32 Å². The van der Waals surface area contributed by atoms with Crippen LogP contribution in [0.25, 0.3) is 0 Å². The molecule has 0 bridgehead atoms. The van der Waals surface area contributed by atoms with Gasteiger partial charge in [0.25, 0.3) is 15.9 Å². The lowest BCUT2D eigenvalue weighted by Gasteiger charge is -2.28. The number of nitrogens with zero attached hydrogens (tertiary/aromatic N) is 1. The van der Waals surface area contributed by atoms with E-state index in [1.807, 2.05) is 6.07 Å². The van der Waals surface area contributed by atoms with E-state index in [9.17, 15) is 18.0 Å². The summed E-state index contributed by atoms with van der Waals surface area (Å²) in [5.74, 6) is -0.125. The minimum absolute atomic E-state index is 0.0162. The predicted octanol–water partition coefficient (Wildman–Crippen LogP) is 3.48. The van der Waals surface area contributed by atoms with Crippen molar-refractivity contribution in [1.29, 1.82) is 0 Å². The fourth-order valence-corrected chi connectivity index (χ4v) is 4.54. The average molecular weight is 424 g/mol. The number of benzene rings is 2. The Hall–Kier alpha value is -3.39. The second-order valence-corrected chi connectivity index (χ2v) is 8.81. The van der Waals surface area contributed by atoms with E-state index in [0.29, 0.717) is 30.8 Å². The van der Waals surface area contributed by atoms with Gasteiger partial charge in [-0.05, 0) is 60.9 Å². The second-order valence-electron chi connectivity index (χ2n) is 7.13. The van der Waals surface area contributed by atoms with Crippen LogP contribution in [0.1, 0.15) is 39.0 Å². The lowest BCUT2D eigenvalue weighted by molar-refractivity contribution is 0.0702. The van der Waals surface area contributed by atoms with Crippen molar-refractivity contribution < 1.29 is 22.4 Å². The standard InChI is InChI=1S/C22H20N2O5S/c1-15(25)17-4-2-5-20(13-17)30(27,28)23-19-8-7-16-9-10-24(14-18(16)12-19)22(26)21-6-3-11-29-21/h2-8,11-13,23H,9-10,14H2,1H3. The Bertz CT molecular complexity index is 1220. The first kappa shape index (κ1) is 19.9. The van der Waals surface area contributed by atoms with E-state index in [2.05, 4.69) is 4.72 Å². The minimum atomic E-state index is -3.86. The summed E-state index contributed by atoms with van der Waals surface area (Å²) in [5, 5.41) is 0. The molecule has 154 valence electrons. The molecule has 0 atom stereocenters. The first-order valence-corrected chi connectivity index (χ1v) is 10.9. The molecule has 8 heteroatoms. The van der Waals surface area contributed by atoms with Crippen molar-refractivity contribution in [2.75, 3.05) is 11.3 Å². The van der Waals surface area contributed by atoms with Crippen LogP contribution in [0.3, 0.4) is 0 Å². The molecule has 1 aliphatic heterocycles. The van der Waals surface area contributed by atoms with Gasteiger partial charge in [-0.1, -0.05) is 18.2 Å². The van der Waals surface area contributed by atoms with Gasteiger partial charge in [-0.15, -0.1) is 0 Å². The molecule has 1 amide bonds. The van der Waals surface area contributed by atoms with Gasteiger partial charge in [-0.3, -0.25) is 14.3 Å². The topological polar surface area (TPSA) is 96.7 Å². The van der Waals surface area contributed by atoms with Crippen molar-refractivity contribution in [3.8, 4) is 0 Å².